The van der Waals surface area contributed by atoms with Gasteiger partial charge >= 0.3 is 0 Å². The second-order valence-corrected chi connectivity index (χ2v) is 15.9. The first-order valence-electron chi connectivity index (χ1n) is 14.6. The molecule has 6 aliphatic rings. The van der Waals surface area contributed by atoms with Gasteiger partial charge in [-0.1, -0.05) is 27.7 Å². The number of aliphatic hydroxyl groups is 4. The van der Waals surface area contributed by atoms with E-state index < -0.39 is 17.3 Å². The fourth-order valence-electron chi connectivity index (χ4n) is 12.1. The van der Waals surface area contributed by atoms with Gasteiger partial charge in [0, 0.05) is 11.3 Å². The summed E-state index contributed by atoms with van der Waals surface area (Å²) in [6.45, 7) is 15.2. The number of hydrogen-bond acceptors (Lipinski definition) is 5. The van der Waals surface area contributed by atoms with Crippen molar-refractivity contribution in [2.45, 2.75) is 130 Å². The molecular weight excluding hydrogens is 452 g/mol. The molecule has 36 heavy (non-hydrogen) atoms. The summed E-state index contributed by atoms with van der Waals surface area (Å²) in [5.74, 6) is 1.50. The molecule has 1 saturated heterocycles. The summed E-state index contributed by atoms with van der Waals surface area (Å²) >= 11 is 0. The second kappa shape index (κ2) is 7.11. The summed E-state index contributed by atoms with van der Waals surface area (Å²) in [7, 11) is 0. The molecule has 0 radical (unpaired) electrons. The molecule has 5 fully saturated rings. The number of hydrogen-bond donors (Lipinski definition) is 4. The molecule has 5 heteroatoms. The Labute approximate surface area is 217 Å². The number of fused-ring (bicyclic) bond motifs is 2. The van der Waals surface area contributed by atoms with E-state index >= 15 is 0 Å². The quantitative estimate of drug-likeness (QED) is 0.408. The van der Waals surface area contributed by atoms with Crippen LogP contribution in [0.2, 0.25) is 0 Å². The fourth-order valence-corrected chi connectivity index (χ4v) is 12.1. The maximum absolute atomic E-state index is 11.8. The number of aliphatic hydroxyl groups excluding tert-OH is 3. The minimum Gasteiger partial charge on any atom is -0.512 e. The Morgan fingerprint density at radius 1 is 0.917 bits per heavy atom. The molecule has 5 nitrogen and oxygen atoms in total. The lowest BCUT2D eigenvalue weighted by atomic mass is 9.42. The fraction of sp³-hybridized carbons (Fsp3) is 0.935. The van der Waals surface area contributed by atoms with Crippen LogP contribution in [0.25, 0.3) is 0 Å². The summed E-state index contributed by atoms with van der Waals surface area (Å²) in [6, 6.07) is 0. The zero-order valence-electron chi connectivity index (χ0n) is 23.7. The van der Waals surface area contributed by atoms with Gasteiger partial charge < -0.3 is 25.2 Å². The highest BCUT2D eigenvalue weighted by Gasteiger charge is 2.83. The molecule has 4 N–H and O–H groups in total. The van der Waals surface area contributed by atoms with Crippen LogP contribution in [0.5, 0.6) is 0 Å². The first-order chi connectivity index (χ1) is 16.5. The van der Waals surface area contributed by atoms with Gasteiger partial charge in [-0.05, 0) is 118 Å². The van der Waals surface area contributed by atoms with Crippen LogP contribution in [0.1, 0.15) is 106 Å². The zero-order valence-corrected chi connectivity index (χ0v) is 23.7. The highest BCUT2D eigenvalue weighted by molar-refractivity contribution is 5.37. The summed E-state index contributed by atoms with van der Waals surface area (Å²) < 4.78 is 6.68. The molecule has 2 spiro atoms. The molecule has 0 aromatic heterocycles. The molecule has 204 valence electrons. The van der Waals surface area contributed by atoms with E-state index in [0.29, 0.717) is 17.6 Å². The van der Waals surface area contributed by atoms with E-state index in [4.69, 9.17) is 4.74 Å². The average molecular weight is 503 g/mol. The van der Waals surface area contributed by atoms with Crippen molar-refractivity contribution in [3.8, 4) is 0 Å². The van der Waals surface area contributed by atoms with Crippen molar-refractivity contribution < 1.29 is 25.2 Å². The van der Waals surface area contributed by atoms with Crippen LogP contribution in [0.3, 0.4) is 0 Å². The summed E-state index contributed by atoms with van der Waals surface area (Å²) in [5.41, 5.74) is -0.299. The Kier molecular flexibility index (Phi) is 5.07. The van der Waals surface area contributed by atoms with Crippen molar-refractivity contribution in [3.63, 3.8) is 0 Å². The molecule has 1 heterocycles. The smallest absolute Gasteiger partial charge is 0.0996 e. The van der Waals surface area contributed by atoms with Crippen molar-refractivity contribution >= 4 is 0 Å². The molecule has 0 aromatic carbocycles. The predicted molar refractivity (Wildman–Crippen MR) is 139 cm³/mol. The van der Waals surface area contributed by atoms with E-state index in [1.54, 1.807) is 0 Å². The number of rotatable bonds is 3. The van der Waals surface area contributed by atoms with Gasteiger partial charge in [0.05, 0.1) is 35.8 Å². The van der Waals surface area contributed by atoms with Gasteiger partial charge in [0.2, 0.25) is 0 Å². The van der Waals surface area contributed by atoms with Gasteiger partial charge in [-0.2, -0.15) is 0 Å². The minimum atomic E-state index is -0.877. The van der Waals surface area contributed by atoms with E-state index in [9.17, 15) is 20.4 Å². The van der Waals surface area contributed by atoms with Gasteiger partial charge in [-0.15, -0.1) is 0 Å². The van der Waals surface area contributed by atoms with Gasteiger partial charge in [0.25, 0.3) is 0 Å². The maximum atomic E-state index is 11.8. The molecule has 4 saturated carbocycles. The Morgan fingerprint density at radius 3 is 2.19 bits per heavy atom. The normalized spacial score (nSPS) is 55.6. The van der Waals surface area contributed by atoms with E-state index in [-0.39, 0.29) is 45.7 Å². The standard InChI is InChI=1S/C31H50O5/c1-25(2)20-8-9-21-28(6)15-19(33)23(29(7)11-10-22(36-29)26(3,4)35)27(28,5)12-13-30(21)17-31(20,30)14-18(16-32)24(25)34/h19-23,32-35H,8-17H2,1-7H3/t19-,20?,21?,22+,23?,27+,28-,29?,30-,31+/m0/s1. The third-order valence-electron chi connectivity index (χ3n) is 13.7. The molecule has 0 amide bonds. The molecule has 1 aliphatic heterocycles. The first-order valence-corrected chi connectivity index (χ1v) is 14.6. The van der Waals surface area contributed by atoms with Crippen molar-refractivity contribution in [2.24, 2.45) is 44.8 Å². The van der Waals surface area contributed by atoms with Gasteiger partial charge in [0.1, 0.15) is 0 Å². The van der Waals surface area contributed by atoms with Crippen LogP contribution in [0.4, 0.5) is 0 Å². The molecular formula is C31H50O5. The van der Waals surface area contributed by atoms with Crippen LogP contribution in [-0.4, -0.2) is 50.4 Å². The van der Waals surface area contributed by atoms with Gasteiger partial charge in [-0.25, -0.2) is 0 Å². The van der Waals surface area contributed by atoms with Crippen molar-refractivity contribution in [1.29, 1.82) is 0 Å². The molecule has 10 atom stereocenters. The topological polar surface area (TPSA) is 90.2 Å². The van der Waals surface area contributed by atoms with Gasteiger partial charge in [-0.3, -0.25) is 0 Å². The van der Waals surface area contributed by atoms with Crippen molar-refractivity contribution in [2.75, 3.05) is 6.61 Å². The predicted octanol–water partition coefficient (Wildman–Crippen LogP) is 5.52. The van der Waals surface area contributed by atoms with Gasteiger partial charge in [0.15, 0.2) is 0 Å². The Hall–Kier alpha value is -0.620. The number of ether oxygens (including phenoxy) is 1. The zero-order chi connectivity index (χ0) is 26.3. The van der Waals surface area contributed by atoms with Crippen LogP contribution < -0.4 is 0 Å². The summed E-state index contributed by atoms with van der Waals surface area (Å²) in [4.78, 5) is 0. The largest absolute Gasteiger partial charge is 0.512 e. The van der Waals surface area contributed by atoms with Crippen molar-refractivity contribution in [3.05, 3.63) is 11.3 Å². The lowest BCUT2D eigenvalue weighted by Gasteiger charge is -2.63. The SMILES string of the molecule is CC1(C2[C@@H](O)C[C@@]3(C)C4CCC5C(C)(C)C(O)=C(CO)C[C@@]56C[C@@]46CC[C@]23C)CC[C@H](C(C)(C)O)O1. The van der Waals surface area contributed by atoms with Crippen LogP contribution in [0.15, 0.2) is 11.3 Å². The van der Waals surface area contributed by atoms with Crippen LogP contribution >= 0.6 is 0 Å². The monoisotopic (exact) mass is 502 g/mol. The van der Waals surface area contributed by atoms with Crippen LogP contribution in [0, 0.1) is 44.8 Å². The Morgan fingerprint density at radius 2 is 1.58 bits per heavy atom. The minimum absolute atomic E-state index is 0.0235. The lowest BCUT2D eigenvalue weighted by Crippen LogP contribution is -2.58. The highest BCUT2D eigenvalue weighted by Crippen LogP contribution is 2.89. The van der Waals surface area contributed by atoms with Crippen molar-refractivity contribution in [1.82, 2.24) is 0 Å². The third kappa shape index (κ3) is 2.77. The second-order valence-electron chi connectivity index (χ2n) is 15.9. The van der Waals surface area contributed by atoms with E-state index in [0.717, 1.165) is 50.5 Å². The highest BCUT2D eigenvalue weighted by atomic mass is 16.5. The molecule has 5 aliphatic carbocycles. The Balaban J connectivity index is 1.36. The average Bonchev–Trinajstić information content (AvgIpc) is 3.15. The maximum Gasteiger partial charge on any atom is 0.0996 e. The Bertz CT molecular complexity index is 995. The molecule has 6 rings (SSSR count). The van der Waals surface area contributed by atoms with E-state index in [1.807, 2.05) is 13.8 Å². The van der Waals surface area contributed by atoms with E-state index in [1.165, 1.54) is 12.8 Å². The molecule has 4 unspecified atom stereocenters. The summed E-state index contributed by atoms with van der Waals surface area (Å²) in [6.07, 6.45) is 8.54. The molecule has 0 aromatic rings. The first kappa shape index (κ1) is 25.6. The third-order valence-corrected chi connectivity index (χ3v) is 13.7. The summed E-state index contributed by atoms with van der Waals surface area (Å²) in [5, 5.41) is 43.7. The molecule has 0 bridgehead atoms. The number of allylic oxidation sites excluding steroid dienone is 1. The lowest BCUT2D eigenvalue weighted by molar-refractivity contribution is -0.190. The van der Waals surface area contributed by atoms with E-state index in [2.05, 4.69) is 34.6 Å². The van der Waals surface area contributed by atoms with Crippen LogP contribution in [-0.2, 0) is 4.74 Å².